The Hall–Kier alpha value is -2.48. The molecule has 1 N–H and O–H groups in total. The van der Waals surface area contributed by atoms with Gasteiger partial charge in [0.1, 0.15) is 12.4 Å². The third-order valence-corrected chi connectivity index (χ3v) is 5.02. The fourth-order valence-electron chi connectivity index (χ4n) is 2.70. The highest BCUT2D eigenvalue weighted by molar-refractivity contribution is 7.09. The molecule has 0 unspecified atom stereocenters. The maximum Gasteiger partial charge on any atom is 0.409 e. The van der Waals surface area contributed by atoms with Gasteiger partial charge in [-0.25, -0.2) is 14.2 Å². The summed E-state index contributed by atoms with van der Waals surface area (Å²) in [6.07, 6.45) is 0.815. The normalized spacial score (nSPS) is 13.8. The number of hydrogen-bond donors (Lipinski definition) is 1. The molecule has 26 heavy (non-hydrogen) atoms. The van der Waals surface area contributed by atoms with Crippen LogP contribution >= 0.6 is 11.3 Å². The third-order valence-electron chi connectivity index (χ3n) is 4.11. The highest BCUT2D eigenvalue weighted by Gasteiger charge is 2.21. The van der Waals surface area contributed by atoms with Crippen LogP contribution in [0.4, 0.5) is 9.18 Å². The lowest BCUT2D eigenvalue weighted by Crippen LogP contribution is -2.26. The minimum Gasteiger partial charge on any atom is -0.448 e. The van der Waals surface area contributed by atoms with Gasteiger partial charge in [-0.15, -0.1) is 11.3 Å². The Morgan fingerprint density at radius 3 is 2.96 bits per heavy atom. The van der Waals surface area contributed by atoms with Crippen LogP contribution in [0.25, 0.3) is 11.3 Å². The lowest BCUT2D eigenvalue weighted by molar-refractivity contribution is -0.118. The summed E-state index contributed by atoms with van der Waals surface area (Å²) in [5.41, 5.74) is 2.00. The number of aromatic nitrogens is 1. The zero-order valence-electron chi connectivity index (χ0n) is 14.5. The van der Waals surface area contributed by atoms with Gasteiger partial charge in [-0.05, 0) is 18.1 Å². The quantitative estimate of drug-likeness (QED) is 0.805. The molecule has 1 aromatic carbocycles. The average molecular weight is 377 g/mol. The molecule has 6 nitrogen and oxygen atoms in total. The van der Waals surface area contributed by atoms with Crippen LogP contribution < -0.4 is 5.32 Å². The smallest absolute Gasteiger partial charge is 0.409 e. The number of carbonyl (C=O) groups is 2. The second-order valence-electron chi connectivity index (χ2n) is 6.02. The van der Waals surface area contributed by atoms with Gasteiger partial charge in [0.05, 0.1) is 17.2 Å². The van der Waals surface area contributed by atoms with Gasteiger partial charge in [0.25, 0.3) is 0 Å². The molecule has 0 saturated carbocycles. The lowest BCUT2D eigenvalue weighted by atomic mass is 10.1. The molecule has 1 saturated heterocycles. The van der Waals surface area contributed by atoms with Crippen LogP contribution in [0.1, 0.15) is 17.5 Å². The van der Waals surface area contributed by atoms with Gasteiger partial charge in [-0.3, -0.25) is 4.79 Å². The molecule has 1 aromatic heterocycles. The van der Waals surface area contributed by atoms with Gasteiger partial charge in [0.15, 0.2) is 0 Å². The summed E-state index contributed by atoms with van der Waals surface area (Å²) in [7, 11) is 0. The van der Waals surface area contributed by atoms with E-state index >= 15 is 0 Å². The first-order valence-electron chi connectivity index (χ1n) is 8.42. The Morgan fingerprint density at radius 1 is 1.42 bits per heavy atom. The van der Waals surface area contributed by atoms with Crippen molar-refractivity contribution in [1.82, 2.24) is 15.2 Å². The fraction of sp³-hybridized carbons (Fsp3) is 0.389. The van der Waals surface area contributed by atoms with Crippen LogP contribution in [-0.4, -0.2) is 48.1 Å². The molecular formula is C18H20FN3O3S. The van der Waals surface area contributed by atoms with E-state index in [4.69, 9.17) is 4.74 Å². The largest absolute Gasteiger partial charge is 0.448 e. The van der Waals surface area contributed by atoms with Crippen molar-refractivity contribution < 1.29 is 18.7 Å². The molecule has 3 rings (SSSR count). The van der Waals surface area contributed by atoms with Crippen molar-refractivity contribution in [2.75, 3.05) is 26.2 Å². The highest BCUT2D eigenvalue weighted by Crippen LogP contribution is 2.24. The summed E-state index contributed by atoms with van der Waals surface area (Å²) in [5.74, 6) is -0.429. The van der Waals surface area contributed by atoms with E-state index in [-0.39, 0.29) is 17.8 Å². The predicted octanol–water partition coefficient (Wildman–Crippen LogP) is 2.62. The van der Waals surface area contributed by atoms with E-state index in [1.807, 2.05) is 11.4 Å². The molecule has 2 amide bonds. The number of amides is 2. The van der Waals surface area contributed by atoms with Crippen LogP contribution in [0.5, 0.6) is 0 Å². The molecule has 0 radical (unpaired) electrons. The van der Waals surface area contributed by atoms with E-state index in [0.29, 0.717) is 50.2 Å². The van der Waals surface area contributed by atoms with Crippen molar-refractivity contribution in [3.63, 3.8) is 0 Å². The van der Waals surface area contributed by atoms with Crippen LogP contribution in [0.15, 0.2) is 23.6 Å². The molecule has 1 fully saturated rings. The Kier molecular flexibility index (Phi) is 5.82. The molecule has 2 heterocycles. The second kappa shape index (κ2) is 8.27. The van der Waals surface area contributed by atoms with Crippen LogP contribution in [-0.2, 0) is 22.4 Å². The molecule has 1 aliphatic rings. The van der Waals surface area contributed by atoms with Crippen molar-refractivity contribution >= 4 is 23.3 Å². The summed E-state index contributed by atoms with van der Waals surface area (Å²) in [6, 6.07) is 5.04. The number of carbonyl (C=O) groups excluding carboxylic acids is 2. The molecule has 1 aliphatic heterocycles. The maximum atomic E-state index is 14.3. The van der Waals surface area contributed by atoms with Gasteiger partial charge in [-0.1, -0.05) is 12.1 Å². The summed E-state index contributed by atoms with van der Waals surface area (Å²) in [6.45, 7) is 3.47. The van der Waals surface area contributed by atoms with Gasteiger partial charge >= 0.3 is 6.09 Å². The van der Waals surface area contributed by atoms with E-state index in [9.17, 15) is 14.0 Å². The molecule has 0 atom stereocenters. The van der Waals surface area contributed by atoms with Crippen LogP contribution in [0, 0.1) is 5.82 Å². The standard InChI is InChI=1S/C18H20FN3O3S/c1-12(23)20-6-4-13-2-3-14(10-15(13)19)16-11-26-17(21-16)5-7-22-8-9-25-18(22)24/h2-3,10-11H,4-9H2,1H3,(H,20,23). The molecule has 0 aliphatic carbocycles. The fourth-order valence-corrected chi connectivity index (χ4v) is 3.50. The second-order valence-corrected chi connectivity index (χ2v) is 6.96. The average Bonchev–Trinajstić information content (AvgIpc) is 3.23. The Bertz CT molecular complexity index is 809. The van der Waals surface area contributed by atoms with E-state index < -0.39 is 0 Å². The predicted molar refractivity (Wildman–Crippen MR) is 96.5 cm³/mol. The van der Waals surface area contributed by atoms with Gasteiger partial charge < -0.3 is 15.0 Å². The van der Waals surface area contributed by atoms with E-state index in [0.717, 1.165) is 10.7 Å². The Morgan fingerprint density at radius 2 is 2.27 bits per heavy atom. The minimum absolute atomic E-state index is 0.126. The number of nitrogens with zero attached hydrogens (tertiary/aromatic N) is 2. The van der Waals surface area contributed by atoms with E-state index in [1.165, 1.54) is 24.3 Å². The third kappa shape index (κ3) is 4.57. The first-order chi connectivity index (χ1) is 12.5. The molecule has 2 aromatic rings. The summed E-state index contributed by atoms with van der Waals surface area (Å²) in [5, 5.41) is 5.45. The minimum atomic E-state index is -0.304. The van der Waals surface area contributed by atoms with Crippen molar-refractivity contribution in [2.45, 2.75) is 19.8 Å². The SMILES string of the molecule is CC(=O)NCCc1ccc(-c2csc(CCN3CCOC3=O)n2)cc1F. The maximum absolute atomic E-state index is 14.3. The van der Waals surface area contributed by atoms with E-state index in [2.05, 4.69) is 10.3 Å². The summed E-state index contributed by atoms with van der Waals surface area (Å²) in [4.78, 5) is 28.5. The number of hydrogen-bond acceptors (Lipinski definition) is 5. The molecule has 8 heteroatoms. The molecule has 138 valence electrons. The number of rotatable bonds is 7. The monoisotopic (exact) mass is 377 g/mol. The van der Waals surface area contributed by atoms with E-state index in [1.54, 1.807) is 11.0 Å². The molecule has 0 bridgehead atoms. The zero-order valence-corrected chi connectivity index (χ0v) is 15.3. The van der Waals surface area contributed by atoms with Crippen molar-refractivity contribution in [3.05, 3.63) is 40.0 Å². The van der Waals surface area contributed by atoms with Crippen molar-refractivity contribution in [2.24, 2.45) is 0 Å². The number of halogens is 1. The zero-order chi connectivity index (χ0) is 18.5. The van der Waals surface area contributed by atoms with Gasteiger partial charge in [-0.2, -0.15) is 0 Å². The van der Waals surface area contributed by atoms with Crippen molar-refractivity contribution in [1.29, 1.82) is 0 Å². The lowest BCUT2D eigenvalue weighted by Gasteiger charge is -2.10. The van der Waals surface area contributed by atoms with Crippen molar-refractivity contribution in [3.8, 4) is 11.3 Å². The van der Waals surface area contributed by atoms with Crippen LogP contribution in [0.2, 0.25) is 0 Å². The number of nitrogens with one attached hydrogen (secondary N) is 1. The number of ether oxygens (including phenoxy) is 1. The highest BCUT2D eigenvalue weighted by atomic mass is 32.1. The number of thiazole rings is 1. The molecule has 0 spiro atoms. The Balaban J connectivity index is 1.60. The topological polar surface area (TPSA) is 71.5 Å². The summed E-state index contributed by atoms with van der Waals surface area (Å²) >= 11 is 1.50. The first-order valence-corrected chi connectivity index (χ1v) is 9.30. The summed E-state index contributed by atoms with van der Waals surface area (Å²) < 4.78 is 19.2. The molecular weight excluding hydrogens is 357 g/mol. The van der Waals surface area contributed by atoms with Crippen LogP contribution in [0.3, 0.4) is 0 Å². The van der Waals surface area contributed by atoms with Gasteiger partial charge in [0, 0.05) is 37.4 Å². The first kappa shape index (κ1) is 18.3. The number of benzene rings is 1. The number of cyclic esters (lactones) is 1. The Labute approximate surface area is 155 Å². The van der Waals surface area contributed by atoms with Gasteiger partial charge in [0.2, 0.25) is 5.91 Å².